The Balaban J connectivity index is 1.89. The summed E-state index contributed by atoms with van der Waals surface area (Å²) in [4.78, 5) is 26.0. The third kappa shape index (κ3) is 5.18. The summed E-state index contributed by atoms with van der Waals surface area (Å²) in [5, 5.41) is 21.1. The average Bonchev–Trinajstić information content (AvgIpc) is 3.35. The predicted octanol–water partition coefficient (Wildman–Crippen LogP) is 6.03. The molecule has 0 aliphatic heterocycles. The molecule has 5 aromatic rings. The van der Waals surface area contributed by atoms with Gasteiger partial charge in [-0.1, -0.05) is 24.3 Å². The van der Waals surface area contributed by atoms with E-state index >= 15 is 0 Å². The molecule has 2 heterocycles. The lowest BCUT2D eigenvalue weighted by Crippen LogP contribution is -2.25. The van der Waals surface area contributed by atoms with E-state index in [9.17, 15) is 32.6 Å². The molecule has 9 nitrogen and oxygen atoms in total. The first kappa shape index (κ1) is 30.7. The smallest absolute Gasteiger partial charge is 0.353 e. The summed E-state index contributed by atoms with van der Waals surface area (Å²) in [6.07, 6.45) is 1.46. The van der Waals surface area contributed by atoms with Crippen LogP contribution in [0.2, 0.25) is 0 Å². The number of aromatic nitrogens is 2. The number of aromatic carboxylic acids is 1. The summed E-state index contributed by atoms with van der Waals surface area (Å²) in [7, 11) is -3.13. The Kier molecular flexibility index (Phi) is 7.51. The van der Waals surface area contributed by atoms with Crippen molar-refractivity contribution in [2.75, 3.05) is 0 Å². The molecule has 0 amide bonds. The Morgan fingerprint density at radius 2 is 1.57 bits per heavy atom. The Bertz CT molecular complexity index is 2130. The van der Waals surface area contributed by atoms with Gasteiger partial charge in [0.1, 0.15) is 28.5 Å². The van der Waals surface area contributed by atoms with E-state index in [1.165, 1.54) is 42.1 Å². The molecule has 0 saturated heterocycles. The van der Waals surface area contributed by atoms with E-state index in [1.807, 2.05) is 0 Å². The van der Waals surface area contributed by atoms with Crippen LogP contribution in [0.3, 0.4) is 0 Å². The van der Waals surface area contributed by atoms with Crippen LogP contribution >= 0.6 is 0 Å². The summed E-state index contributed by atoms with van der Waals surface area (Å²) in [5.74, 6) is -1.34. The van der Waals surface area contributed by atoms with Crippen LogP contribution in [0, 0.1) is 26.6 Å². The van der Waals surface area contributed by atoms with Crippen LogP contribution in [-0.2, 0) is 22.7 Å². The number of carboxylic acid groups (broad SMARTS) is 1. The van der Waals surface area contributed by atoms with Crippen LogP contribution < -0.4 is 10.3 Å². The molecule has 0 bridgehead atoms. The summed E-state index contributed by atoms with van der Waals surface area (Å²) in [6.45, 7) is 8.14. The lowest BCUT2D eigenvalue weighted by Gasteiger charge is -2.22. The molecule has 3 aromatic carbocycles. The van der Waals surface area contributed by atoms with Crippen molar-refractivity contribution in [2.45, 2.75) is 45.1 Å². The van der Waals surface area contributed by atoms with Crippen LogP contribution in [-0.4, -0.2) is 33.1 Å². The van der Waals surface area contributed by atoms with Gasteiger partial charge in [-0.05, 0) is 93.3 Å². The van der Waals surface area contributed by atoms with Crippen molar-refractivity contribution in [1.82, 2.24) is 8.54 Å². The number of fused-ring (bicyclic) bond motifs is 1. The maximum absolute atomic E-state index is 14.1. The monoisotopic (exact) mass is 618 g/mol. The molecule has 0 radical (unpaired) electrons. The number of ether oxygens (including phenoxy) is 1. The Hall–Kier alpha value is -4.74. The average molecular weight is 619 g/mol. The van der Waals surface area contributed by atoms with Gasteiger partial charge in [-0.25, -0.2) is 21.6 Å². The first-order chi connectivity index (χ1) is 20.5. The number of carboxylic acids is 1. The second kappa shape index (κ2) is 10.8. The highest BCUT2D eigenvalue weighted by Crippen LogP contribution is 2.41. The van der Waals surface area contributed by atoms with Crippen molar-refractivity contribution in [3.63, 3.8) is 0 Å². The maximum atomic E-state index is 14.1. The zero-order chi connectivity index (χ0) is 32.3. The first-order valence-corrected chi connectivity index (χ1v) is 15.1. The van der Waals surface area contributed by atoms with Crippen LogP contribution in [0.25, 0.3) is 22.0 Å². The lowest BCUT2D eigenvalue weighted by molar-refractivity contribution is 0.0689. The SMILES string of the molecule is Cc1ccccc1S(=O)(=O)n1c(C(=O)O)cc2c(-c3cc(C(C)(C)O)ccc3Oc3c(C)cc(F)cc3C)cn(C)c(=O)c21. The quantitative estimate of drug-likeness (QED) is 0.228. The van der Waals surface area contributed by atoms with E-state index in [2.05, 4.69) is 0 Å². The van der Waals surface area contributed by atoms with Crippen molar-refractivity contribution >= 4 is 26.9 Å². The number of aliphatic hydroxyl groups is 1. The molecular formula is C33H31FN2O7S. The summed E-state index contributed by atoms with van der Waals surface area (Å²) >= 11 is 0. The minimum Gasteiger partial charge on any atom is -0.477 e. The molecule has 0 spiro atoms. The number of halogens is 1. The topological polar surface area (TPSA) is 128 Å². The van der Waals surface area contributed by atoms with E-state index in [4.69, 9.17) is 4.74 Å². The number of hydrogen-bond donors (Lipinski definition) is 2. The van der Waals surface area contributed by atoms with Gasteiger partial charge >= 0.3 is 5.97 Å². The fourth-order valence-electron chi connectivity index (χ4n) is 5.33. The summed E-state index contributed by atoms with van der Waals surface area (Å²) in [5.41, 5.74) is -0.516. The van der Waals surface area contributed by atoms with E-state index < -0.39 is 38.7 Å². The molecule has 5 rings (SSSR count). The predicted molar refractivity (Wildman–Crippen MR) is 165 cm³/mol. The molecule has 0 saturated carbocycles. The van der Waals surface area contributed by atoms with Gasteiger partial charge in [-0.2, -0.15) is 0 Å². The first-order valence-electron chi connectivity index (χ1n) is 13.6. The van der Waals surface area contributed by atoms with Crippen molar-refractivity contribution in [3.05, 3.63) is 111 Å². The zero-order valence-corrected chi connectivity index (χ0v) is 25.8. The van der Waals surface area contributed by atoms with E-state index in [1.54, 1.807) is 65.0 Å². The minimum absolute atomic E-state index is 0.0490. The standard InChI is InChI=1S/C33H31FN2O7S/c1-18-9-7-8-10-28(18)44(41,42)36-26(32(38)39)16-24-25(17-35(6)31(37)29(24)36)23-15-21(33(4,5)40)11-12-27(23)43-30-19(2)13-22(34)14-20(30)3/h7-17,40H,1-6H3,(H,38,39). The molecule has 11 heteroatoms. The summed E-state index contributed by atoms with van der Waals surface area (Å²) < 4.78 is 50.2. The molecule has 0 fully saturated rings. The molecule has 2 N–H and O–H groups in total. The molecule has 2 aromatic heterocycles. The van der Waals surface area contributed by atoms with Gasteiger partial charge in [-0.15, -0.1) is 0 Å². The third-order valence-corrected chi connectivity index (χ3v) is 9.41. The lowest BCUT2D eigenvalue weighted by atomic mass is 9.93. The number of aryl methyl sites for hydroxylation is 4. The molecule has 228 valence electrons. The highest BCUT2D eigenvalue weighted by atomic mass is 32.2. The largest absolute Gasteiger partial charge is 0.477 e. The molecule has 0 unspecified atom stereocenters. The molecule has 0 aliphatic carbocycles. The van der Waals surface area contributed by atoms with Gasteiger partial charge in [0.25, 0.3) is 15.6 Å². The van der Waals surface area contributed by atoms with Crippen LogP contribution in [0.1, 0.15) is 46.6 Å². The van der Waals surface area contributed by atoms with E-state index in [0.717, 1.165) is 6.07 Å². The molecule has 44 heavy (non-hydrogen) atoms. The number of pyridine rings is 1. The van der Waals surface area contributed by atoms with Gasteiger partial charge in [0.05, 0.1) is 10.5 Å². The van der Waals surface area contributed by atoms with Gasteiger partial charge in [0, 0.05) is 29.8 Å². The van der Waals surface area contributed by atoms with Crippen molar-refractivity contribution in [1.29, 1.82) is 0 Å². The number of carbonyl (C=O) groups is 1. The van der Waals surface area contributed by atoms with E-state index in [0.29, 0.717) is 37.5 Å². The van der Waals surface area contributed by atoms with Crippen molar-refractivity contribution < 1.29 is 32.6 Å². The number of rotatable bonds is 7. The number of hydrogen-bond acceptors (Lipinski definition) is 6. The van der Waals surface area contributed by atoms with Gasteiger partial charge in [0.2, 0.25) is 0 Å². The van der Waals surface area contributed by atoms with Gasteiger partial charge < -0.3 is 19.5 Å². The van der Waals surface area contributed by atoms with E-state index in [-0.39, 0.29) is 27.1 Å². The zero-order valence-electron chi connectivity index (χ0n) is 25.0. The Morgan fingerprint density at radius 1 is 0.932 bits per heavy atom. The van der Waals surface area contributed by atoms with Crippen molar-refractivity contribution in [2.24, 2.45) is 7.05 Å². The Labute approximate surface area is 253 Å². The highest BCUT2D eigenvalue weighted by Gasteiger charge is 2.31. The summed E-state index contributed by atoms with van der Waals surface area (Å²) in [6, 6.07) is 14.8. The highest BCUT2D eigenvalue weighted by molar-refractivity contribution is 7.90. The van der Waals surface area contributed by atoms with Gasteiger partial charge in [0.15, 0.2) is 0 Å². The number of benzene rings is 3. The molecule has 0 atom stereocenters. The minimum atomic E-state index is -4.56. The van der Waals surface area contributed by atoms with Gasteiger partial charge in [-0.3, -0.25) is 4.79 Å². The second-order valence-electron chi connectivity index (χ2n) is 11.3. The van der Waals surface area contributed by atoms with Crippen LogP contribution in [0.5, 0.6) is 11.5 Å². The molecular weight excluding hydrogens is 587 g/mol. The fraction of sp³-hybridized carbons (Fsp3) is 0.212. The Morgan fingerprint density at radius 3 is 2.16 bits per heavy atom. The number of nitrogens with zero attached hydrogens (tertiary/aromatic N) is 2. The molecule has 0 aliphatic rings. The van der Waals surface area contributed by atoms with Crippen LogP contribution in [0.4, 0.5) is 4.39 Å². The fourth-order valence-corrected chi connectivity index (χ4v) is 7.05. The third-order valence-electron chi connectivity index (χ3n) is 7.54. The normalized spacial score (nSPS) is 12.1. The second-order valence-corrected chi connectivity index (χ2v) is 13.1. The van der Waals surface area contributed by atoms with Crippen LogP contribution in [0.15, 0.2) is 76.6 Å². The van der Waals surface area contributed by atoms with Crippen molar-refractivity contribution in [3.8, 4) is 22.6 Å². The maximum Gasteiger partial charge on any atom is 0.353 e.